The van der Waals surface area contributed by atoms with Crippen LogP contribution in [-0.2, 0) is 32.2 Å². The molecule has 4 atom stereocenters. The number of thioether (sulfide) groups is 1. The summed E-state index contributed by atoms with van der Waals surface area (Å²) in [5.41, 5.74) is 6.03. The second kappa shape index (κ2) is 17.9. The van der Waals surface area contributed by atoms with E-state index in [1.807, 2.05) is 54.6 Å². The maximum absolute atomic E-state index is 12.4. The number of aliphatic hydroxyl groups excluding tert-OH is 1. The number of hydrogen-bond acceptors (Lipinski definition) is 7. The molecule has 1 fully saturated rings. The number of pyridine rings is 1. The molecule has 0 spiro atoms. The van der Waals surface area contributed by atoms with Crippen molar-refractivity contribution in [3.05, 3.63) is 119 Å². The van der Waals surface area contributed by atoms with Gasteiger partial charge < -0.3 is 25.2 Å². The van der Waals surface area contributed by atoms with Gasteiger partial charge >= 0.3 is 0 Å². The zero-order chi connectivity index (χ0) is 33.7. The predicted octanol–water partition coefficient (Wildman–Crippen LogP) is 7.14. The van der Waals surface area contributed by atoms with Gasteiger partial charge in [-0.3, -0.25) is 9.59 Å². The molecule has 3 N–H and O–H groups in total. The summed E-state index contributed by atoms with van der Waals surface area (Å²) in [6.07, 6.45) is 4.05. The standard InChI is InChI=1S/C39H45N3O5S/c1-27-35(26-48-37-12-5-7-22-41-37)46-39(47-38(27)32-15-13-29(25-43)14-16-32)33-19-17-31(18-20-33)34-10-8-9-30(23-34)24-42-36(45)11-4-3-6-21-40-28(2)44/h5,7-10,12-20,22-23,27,35,38-39,43H,3-4,6,11,21,24-26H2,1-2H3,(H,40,44)(H,42,45). The van der Waals surface area contributed by atoms with Gasteiger partial charge in [0.25, 0.3) is 0 Å². The number of aromatic nitrogens is 1. The highest BCUT2D eigenvalue weighted by atomic mass is 32.2. The van der Waals surface area contributed by atoms with Crippen LogP contribution in [0.25, 0.3) is 11.1 Å². The van der Waals surface area contributed by atoms with E-state index in [0.29, 0.717) is 19.5 Å². The number of hydrogen-bond donors (Lipinski definition) is 3. The summed E-state index contributed by atoms with van der Waals surface area (Å²) in [7, 11) is 0. The first-order valence-corrected chi connectivity index (χ1v) is 17.6. The second-order valence-electron chi connectivity index (χ2n) is 12.2. The molecule has 1 aliphatic heterocycles. The van der Waals surface area contributed by atoms with Crippen molar-refractivity contribution >= 4 is 23.6 Å². The average Bonchev–Trinajstić information content (AvgIpc) is 3.12. The maximum atomic E-state index is 12.4. The van der Waals surface area contributed by atoms with E-state index in [4.69, 9.17) is 9.47 Å². The van der Waals surface area contributed by atoms with Crippen molar-refractivity contribution in [2.75, 3.05) is 12.3 Å². The van der Waals surface area contributed by atoms with Crippen LogP contribution in [0.1, 0.15) is 74.2 Å². The number of ether oxygens (including phenoxy) is 2. The van der Waals surface area contributed by atoms with Gasteiger partial charge in [-0.05, 0) is 58.9 Å². The molecular weight excluding hydrogens is 623 g/mol. The first-order chi connectivity index (χ1) is 23.4. The first-order valence-electron chi connectivity index (χ1n) is 16.6. The van der Waals surface area contributed by atoms with Crippen molar-refractivity contribution < 1.29 is 24.2 Å². The minimum atomic E-state index is -0.543. The van der Waals surface area contributed by atoms with Crippen LogP contribution in [0.15, 0.2) is 102 Å². The van der Waals surface area contributed by atoms with Crippen LogP contribution in [-0.4, -0.2) is 40.3 Å². The third-order valence-electron chi connectivity index (χ3n) is 8.54. The summed E-state index contributed by atoms with van der Waals surface area (Å²) in [6, 6.07) is 30.4. The van der Waals surface area contributed by atoms with E-state index in [-0.39, 0.29) is 36.5 Å². The van der Waals surface area contributed by atoms with E-state index >= 15 is 0 Å². The van der Waals surface area contributed by atoms with Crippen molar-refractivity contribution in [3.8, 4) is 11.1 Å². The lowest BCUT2D eigenvalue weighted by molar-refractivity contribution is -0.268. The Kier molecular flexibility index (Phi) is 13.2. The molecule has 2 amide bonds. The molecule has 5 rings (SSSR count). The Morgan fingerprint density at radius 1 is 0.833 bits per heavy atom. The summed E-state index contributed by atoms with van der Waals surface area (Å²) in [5, 5.41) is 16.3. The van der Waals surface area contributed by atoms with Crippen molar-refractivity contribution in [2.45, 2.75) is 76.2 Å². The molecule has 8 nitrogen and oxygen atoms in total. The third-order valence-corrected chi connectivity index (χ3v) is 9.58. The molecule has 1 saturated heterocycles. The quantitative estimate of drug-likeness (QED) is 0.0914. The molecule has 48 heavy (non-hydrogen) atoms. The molecule has 2 heterocycles. The smallest absolute Gasteiger partial charge is 0.220 e. The Morgan fingerprint density at radius 2 is 1.62 bits per heavy atom. The van der Waals surface area contributed by atoms with Crippen LogP contribution < -0.4 is 10.6 Å². The maximum Gasteiger partial charge on any atom is 0.220 e. The van der Waals surface area contributed by atoms with Crippen molar-refractivity contribution in [2.24, 2.45) is 5.92 Å². The summed E-state index contributed by atoms with van der Waals surface area (Å²) < 4.78 is 13.2. The normalized spacial score (nSPS) is 19.1. The van der Waals surface area contributed by atoms with Crippen molar-refractivity contribution in [3.63, 3.8) is 0 Å². The average molecular weight is 668 g/mol. The lowest BCUT2D eigenvalue weighted by Gasteiger charge is -2.41. The number of amides is 2. The van der Waals surface area contributed by atoms with Gasteiger partial charge in [-0.1, -0.05) is 86.1 Å². The minimum absolute atomic E-state index is 0.00333. The van der Waals surface area contributed by atoms with Gasteiger partial charge in [0.1, 0.15) is 0 Å². The third kappa shape index (κ3) is 10.2. The Labute approximate surface area is 287 Å². The lowest BCUT2D eigenvalue weighted by atomic mass is 9.91. The van der Waals surface area contributed by atoms with E-state index in [1.54, 1.807) is 18.0 Å². The van der Waals surface area contributed by atoms with Crippen LogP contribution in [0.4, 0.5) is 0 Å². The molecule has 0 aliphatic carbocycles. The number of benzene rings is 3. The molecule has 0 saturated carbocycles. The molecule has 3 aromatic carbocycles. The Hall–Kier alpha value is -4.02. The number of rotatable bonds is 15. The molecule has 9 heteroatoms. The molecule has 0 radical (unpaired) electrons. The molecule has 1 aliphatic rings. The van der Waals surface area contributed by atoms with Crippen LogP contribution in [0.5, 0.6) is 0 Å². The summed E-state index contributed by atoms with van der Waals surface area (Å²) in [5.74, 6) is 0.841. The van der Waals surface area contributed by atoms with Gasteiger partial charge in [-0.15, -0.1) is 11.8 Å². The number of carbonyl (C=O) groups excluding carboxylic acids is 2. The zero-order valence-corrected chi connectivity index (χ0v) is 28.5. The van der Waals surface area contributed by atoms with E-state index in [9.17, 15) is 14.7 Å². The topological polar surface area (TPSA) is 110 Å². The molecule has 4 aromatic rings. The van der Waals surface area contributed by atoms with Crippen LogP contribution in [0.2, 0.25) is 0 Å². The fourth-order valence-corrected chi connectivity index (χ4v) is 6.77. The summed E-state index contributed by atoms with van der Waals surface area (Å²) in [4.78, 5) is 27.8. The van der Waals surface area contributed by atoms with Crippen molar-refractivity contribution in [1.82, 2.24) is 15.6 Å². The highest BCUT2D eigenvalue weighted by Gasteiger charge is 2.38. The van der Waals surface area contributed by atoms with E-state index in [0.717, 1.165) is 63.4 Å². The summed E-state index contributed by atoms with van der Waals surface area (Å²) >= 11 is 1.68. The van der Waals surface area contributed by atoms with E-state index in [1.165, 1.54) is 6.92 Å². The number of unbranched alkanes of at least 4 members (excludes halogenated alkanes) is 2. The van der Waals surface area contributed by atoms with Crippen LogP contribution >= 0.6 is 11.8 Å². The van der Waals surface area contributed by atoms with Crippen molar-refractivity contribution in [1.29, 1.82) is 0 Å². The molecule has 252 valence electrons. The molecule has 1 aromatic heterocycles. The predicted molar refractivity (Wildman–Crippen MR) is 189 cm³/mol. The zero-order valence-electron chi connectivity index (χ0n) is 27.6. The number of aliphatic hydroxyl groups is 1. The van der Waals surface area contributed by atoms with Crippen LogP contribution in [0.3, 0.4) is 0 Å². The first kappa shape index (κ1) is 35.3. The lowest BCUT2D eigenvalue weighted by Crippen LogP contribution is -2.38. The summed E-state index contributed by atoms with van der Waals surface area (Å²) in [6.45, 7) is 4.80. The van der Waals surface area contributed by atoms with Gasteiger partial charge in [0, 0.05) is 49.9 Å². The number of nitrogens with one attached hydrogen (secondary N) is 2. The fourth-order valence-electron chi connectivity index (χ4n) is 5.74. The van der Waals surface area contributed by atoms with E-state index < -0.39 is 6.29 Å². The monoisotopic (exact) mass is 667 g/mol. The van der Waals surface area contributed by atoms with Gasteiger partial charge in [0.2, 0.25) is 11.8 Å². The van der Waals surface area contributed by atoms with Crippen LogP contribution in [0, 0.1) is 5.92 Å². The Morgan fingerprint density at radius 3 is 2.35 bits per heavy atom. The van der Waals surface area contributed by atoms with Gasteiger partial charge in [0.05, 0.1) is 23.8 Å². The Balaban J connectivity index is 1.22. The Bertz CT molecular complexity index is 1600. The van der Waals surface area contributed by atoms with Gasteiger partial charge in [0.15, 0.2) is 6.29 Å². The van der Waals surface area contributed by atoms with Gasteiger partial charge in [-0.2, -0.15) is 0 Å². The molecular formula is C39H45N3O5S. The van der Waals surface area contributed by atoms with Gasteiger partial charge in [-0.25, -0.2) is 4.98 Å². The molecule has 0 bridgehead atoms. The minimum Gasteiger partial charge on any atom is -0.392 e. The highest BCUT2D eigenvalue weighted by molar-refractivity contribution is 7.99. The fraction of sp³-hybridized carbons (Fsp3) is 0.359. The number of nitrogens with zero attached hydrogens (tertiary/aromatic N) is 1. The largest absolute Gasteiger partial charge is 0.392 e. The SMILES string of the molecule is CC(=O)NCCCCCC(=O)NCc1cccc(-c2ccc(C3OC(CSc4ccccn4)C(C)C(c4ccc(CO)cc4)O3)cc2)c1. The molecule has 4 unspecified atom stereocenters. The second-order valence-corrected chi connectivity index (χ2v) is 13.2. The highest BCUT2D eigenvalue weighted by Crippen LogP contribution is 2.43. The number of carbonyl (C=O) groups is 2. The van der Waals surface area contributed by atoms with E-state index in [2.05, 4.69) is 58.9 Å².